The Kier molecular flexibility index (Phi) is 6.48. The number of piperidine rings is 2. The van der Waals surface area contributed by atoms with Crippen LogP contribution < -0.4 is 20.4 Å². The van der Waals surface area contributed by atoms with Crippen LogP contribution in [0.3, 0.4) is 0 Å². The number of nitrogens with one attached hydrogen (secondary N) is 2. The molecule has 164 valence electrons. The Morgan fingerprint density at radius 1 is 1.13 bits per heavy atom. The fourth-order valence-corrected chi connectivity index (χ4v) is 4.66. The third-order valence-corrected chi connectivity index (χ3v) is 6.54. The summed E-state index contributed by atoms with van der Waals surface area (Å²) in [5.74, 6) is 0.0235. The molecule has 3 aliphatic heterocycles. The Morgan fingerprint density at radius 3 is 2.53 bits per heavy atom. The molecule has 2 N–H and O–H groups in total. The van der Waals surface area contributed by atoms with Crippen molar-refractivity contribution in [2.24, 2.45) is 5.92 Å². The number of aromatic nitrogens is 1. The van der Waals surface area contributed by atoms with E-state index >= 15 is 0 Å². The summed E-state index contributed by atoms with van der Waals surface area (Å²) < 4.78 is 14.8. The van der Waals surface area contributed by atoms with Crippen LogP contribution in [0, 0.1) is 11.9 Å². The van der Waals surface area contributed by atoms with E-state index in [0.717, 1.165) is 51.7 Å². The number of anilines is 2. The molecule has 1 unspecified atom stereocenters. The van der Waals surface area contributed by atoms with E-state index in [9.17, 15) is 14.0 Å². The molecule has 1 aromatic heterocycles. The highest BCUT2D eigenvalue weighted by Crippen LogP contribution is 2.25. The van der Waals surface area contributed by atoms with Gasteiger partial charge in [-0.15, -0.1) is 0 Å². The molecule has 3 saturated heterocycles. The van der Waals surface area contributed by atoms with Gasteiger partial charge in [-0.1, -0.05) is 0 Å². The van der Waals surface area contributed by atoms with Crippen LogP contribution >= 0.6 is 0 Å². The molecule has 2 amide bonds. The van der Waals surface area contributed by atoms with Crippen molar-refractivity contribution in [2.45, 2.75) is 31.7 Å². The van der Waals surface area contributed by atoms with E-state index in [0.29, 0.717) is 17.9 Å². The van der Waals surface area contributed by atoms with Gasteiger partial charge < -0.3 is 15.1 Å². The molecule has 8 nitrogen and oxygen atoms in total. The van der Waals surface area contributed by atoms with Crippen molar-refractivity contribution in [1.82, 2.24) is 20.5 Å². The first-order valence-electron chi connectivity index (χ1n) is 10.9. The summed E-state index contributed by atoms with van der Waals surface area (Å²) in [6, 6.07) is 2.99. The molecule has 30 heavy (non-hydrogen) atoms. The van der Waals surface area contributed by atoms with Crippen molar-refractivity contribution >= 4 is 23.3 Å². The second-order valence-corrected chi connectivity index (χ2v) is 8.54. The van der Waals surface area contributed by atoms with E-state index in [1.54, 1.807) is 24.1 Å². The quantitative estimate of drug-likeness (QED) is 0.535. The molecule has 4 rings (SSSR count). The lowest BCUT2D eigenvalue weighted by atomic mass is 9.97. The molecule has 1 aromatic rings. The van der Waals surface area contributed by atoms with Gasteiger partial charge in [-0.3, -0.25) is 19.8 Å². The highest BCUT2D eigenvalue weighted by Gasteiger charge is 2.31. The molecule has 0 radical (unpaired) electrons. The monoisotopic (exact) mass is 418 g/mol. The van der Waals surface area contributed by atoms with Crippen molar-refractivity contribution in [3.8, 4) is 0 Å². The van der Waals surface area contributed by atoms with E-state index in [4.69, 9.17) is 0 Å². The van der Waals surface area contributed by atoms with Crippen LogP contribution in [0.4, 0.5) is 15.9 Å². The number of imide groups is 1. The first kappa shape index (κ1) is 21.0. The molecule has 0 aromatic carbocycles. The summed E-state index contributed by atoms with van der Waals surface area (Å²) in [4.78, 5) is 33.7. The lowest BCUT2D eigenvalue weighted by Gasteiger charge is -2.38. The van der Waals surface area contributed by atoms with Crippen LogP contribution in [0.1, 0.15) is 25.7 Å². The number of amides is 2. The first-order valence-corrected chi connectivity index (χ1v) is 10.9. The fourth-order valence-electron chi connectivity index (χ4n) is 4.66. The number of hydrogen-bond acceptors (Lipinski definition) is 7. The minimum Gasteiger partial charge on any atom is -0.365 e. The van der Waals surface area contributed by atoms with Crippen LogP contribution in [-0.4, -0.2) is 80.6 Å². The van der Waals surface area contributed by atoms with E-state index in [2.05, 4.69) is 25.4 Å². The van der Waals surface area contributed by atoms with Crippen LogP contribution in [0.2, 0.25) is 0 Å². The number of rotatable bonds is 5. The second-order valence-electron chi connectivity index (χ2n) is 8.54. The molecule has 3 fully saturated rings. The SMILES string of the molecule is CN(c1ccc(N2CCN(CC3CCNCC3)CC2)c(F)n1)C1CCC(=O)NC1=O. The predicted molar refractivity (Wildman–Crippen MR) is 113 cm³/mol. The number of carbonyl (C=O) groups is 2. The zero-order valence-electron chi connectivity index (χ0n) is 17.6. The fraction of sp³-hybridized carbons (Fsp3) is 0.667. The van der Waals surface area contributed by atoms with Crippen molar-refractivity contribution in [1.29, 1.82) is 0 Å². The third-order valence-electron chi connectivity index (χ3n) is 6.54. The van der Waals surface area contributed by atoms with Gasteiger partial charge in [0.1, 0.15) is 11.9 Å². The summed E-state index contributed by atoms with van der Waals surface area (Å²) in [5.41, 5.74) is 0.511. The van der Waals surface area contributed by atoms with Crippen LogP contribution in [0.25, 0.3) is 0 Å². The molecule has 1 atom stereocenters. The van der Waals surface area contributed by atoms with E-state index in [1.807, 2.05) is 0 Å². The van der Waals surface area contributed by atoms with Gasteiger partial charge in [0.05, 0.1) is 5.69 Å². The minimum absolute atomic E-state index is 0.265. The largest absolute Gasteiger partial charge is 0.365 e. The molecule has 9 heteroatoms. The molecule has 0 aliphatic carbocycles. The minimum atomic E-state index is -0.515. The van der Waals surface area contributed by atoms with Gasteiger partial charge >= 0.3 is 0 Å². The van der Waals surface area contributed by atoms with Gasteiger partial charge in [0.15, 0.2) is 0 Å². The zero-order valence-corrected chi connectivity index (χ0v) is 17.6. The number of carbonyl (C=O) groups excluding carboxylic acids is 2. The lowest BCUT2D eigenvalue weighted by molar-refractivity contribution is -0.134. The third kappa shape index (κ3) is 4.73. The van der Waals surface area contributed by atoms with Gasteiger partial charge in [-0.25, -0.2) is 4.98 Å². The average Bonchev–Trinajstić information content (AvgIpc) is 2.75. The number of nitrogens with zero attached hydrogens (tertiary/aromatic N) is 4. The number of hydrogen-bond donors (Lipinski definition) is 2. The molecule has 4 heterocycles. The lowest BCUT2D eigenvalue weighted by Crippen LogP contribution is -2.51. The Balaban J connectivity index is 1.34. The maximum atomic E-state index is 14.8. The Labute approximate surface area is 176 Å². The zero-order chi connectivity index (χ0) is 21.1. The second kappa shape index (κ2) is 9.26. The van der Waals surface area contributed by atoms with Gasteiger partial charge in [-0.05, 0) is 50.4 Å². The van der Waals surface area contributed by atoms with Gasteiger partial charge in [0.25, 0.3) is 0 Å². The highest BCUT2D eigenvalue weighted by atomic mass is 19.1. The maximum absolute atomic E-state index is 14.8. The first-order chi connectivity index (χ1) is 14.5. The smallest absolute Gasteiger partial charge is 0.249 e. The Bertz CT molecular complexity index is 777. The van der Waals surface area contributed by atoms with E-state index in [1.165, 1.54) is 12.8 Å². The molecule has 0 spiro atoms. The van der Waals surface area contributed by atoms with Crippen LogP contribution in [0.5, 0.6) is 0 Å². The highest BCUT2D eigenvalue weighted by molar-refractivity contribution is 6.01. The Hall–Kier alpha value is -2.26. The Morgan fingerprint density at radius 2 is 1.87 bits per heavy atom. The molecule has 0 saturated carbocycles. The summed E-state index contributed by atoms with van der Waals surface area (Å²) in [5, 5.41) is 5.74. The molecule has 0 bridgehead atoms. The van der Waals surface area contributed by atoms with Gasteiger partial charge in [0, 0.05) is 46.2 Å². The standard InChI is InChI=1S/C21H31FN6O2/c1-26(17-3-5-19(29)25-21(17)30)18-4-2-16(20(22)24-18)28-12-10-27(11-13-28)14-15-6-8-23-9-7-15/h2,4,15,17,23H,3,5-14H2,1H3,(H,25,29,30). The van der Waals surface area contributed by atoms with Crippen molar-refractivity contribution < 1.29 is 14.0 Å². The summed E-state index contributed by atoms with van der Waals surface area (Å²) >= 11 is 0. The molecular formula is C21H31FN6O2. The van der Waals surface area contributed by atoms with Crippen molar-refractivity contribution in [2.75, 3.05) is 62.7 Å². The number of pyridine rings is 1. The van der Waals surface area contributed by atoms with Crippen LogP contribution in [0.15, 0.2) is 12.1 Å². The molecule has 3 aliphatic rings. The van der Waals surface area contributed by atoms with Gasteiger partial charge in [0.2, 0.25) is 17.8 Å². The maximum Gasteiger partial charge on any atom is 0.249 e. The topological polar surface area (TPSA) is 80.8 Å². The van der Waals surface area contributed by atoms with Crippen LogP contribution in [-0.2, 0) is 9.59 Å². The summed E-state index contributed by atoms with van der Waals surface area (Å²) in [6.07, 6.45) is 3.16. The normalized spacial score (nSPS) is 24.1. The summed E-state index contributed by atoms with van der Waals surface area (Å²) in [7, 11) is 1.71. The van der Waals surface area contributed by atoms with Gasteiger partial charge in [-0.2, -0.15) is 4.39 Å². The number of halogens is 1. The average molecular weight is 419 g/mol. The number of piperazine rings is 1. The number of likely N-dealkylation sites (N-methyl/N-ethyl adjacent to an activating group) is 1. The van der Waals surface area contributed by atoms with E-state index in [-0.39, 0.29) is 18.2 Å². The van der Waals surface area contributed by atoms with Crippen molar-refractivity contribution in [3.05, 3.63) is 18.1 Å². The van der Waals surface area contributed by atoms with E-state index < -0.39 is 12.0 Å². The van der Waals surface area contributed by atoms with Crippen molar-refractivity contribution in [3.63, 3.8) is 0 Å². The molecular weight excluding hydrogens is 387 g/mol. The predicted octanol–water partition coefficient (Wildman–Crippen LogP) is 0.584. The summed E-state index contributed by atoms with van der Waals surface area (Å²) in [6.45, 7) is 6.79.